The predicted octanol–water partition coefficient (Wildman–Crippen LogP) is 12.3. The van der Waals surface area contributed by atoms with E-state index < -0.39 is 10.8 Å². The predicted molar refractivity (Wildman–Crippen MR) is 221 cm³/mol. The maximum Gasteiger partial charge on any atom is 0.160 e. The zero-order chi connectivity index (χ0) is 36.0. The van der Waals surface area contributed by atoms with E-state index in [4.69, 9.17) is 9.97 Å². The molecule has 9 aromatic rings. The Hall–Kier alpha value is -6.90. The molecule has 254 valence electrons. The number of rotatable bonds is 6. The molecule has 1 aliphatic rings. The normalized spacial score (nSPS) is 13.9. The van der Waals surface area contributed by atoms with E-state index in [9.17, 15) is 0 Å². The lowest BCUT2D eigenvalue weighted by Gasteiger charge is -2.57. The van der Waals surface area contributed by atoms with Gasteiger partial charge in [-0.05, 0) is 56.6 Å². The van der Waals surface area contributed by atoms with Crippen LogP contribution < -0.4 is 0 Å². The smallest absolute Gasteiger partial charge is 0.160 e. The van der Waals surface area contributed by atoms with E-state index in [1.807, 2.05) is 6.07 Å². The van der Waals surface area contributed by atoms with Crippen molar-refractivity contribution in [1.82, 2.24) is 9.97 Å². The number of benzene rings is 8. The Morgan fingerprint density at radius 1 is 0.315 bits per heavy atom. The summed E-state index contributed by atoms with van der Waals surface area (Å²) >= 11 is 0. The summed E-state index contributed by atoms with van der Waals surface area (Å²) in [5.41, 5.74) is 12.2. The van der Waals surface area contributed by atoms with E-state index in [0.29, 0.717) is 5.82 Å². The molecule has 0 fully saturated rings. The number of fused-ring (bicyclic) bond motifs is 4. The van der Waals surface area contributed by atoms with Crippen molar-refractivity contribution in [1.29, 1.82) is 0 Å². The number of para-hydroxylation sites is 1. The molecule has 0 unspecified atom stereocenters. The van der Waals surface area contributed by atoms with Crippen molar-refractivity contribution in [2.24, 2.45) is 0 Å². The first-order chi connectivity index (χ1) is 26.8. The Balaban J connectivity index is 1.40. The maximum absolute atomic E-state index is 5.37. The molecule has 0 radical (unpaired) electrons. The Morgan fingerprint density at radius 2 is 0.759 bits per heavy atom. The van der Waals surface area contributed by atoms with Crippen molar-refractivity contribution in [2.45, 2.75) is 10.8 Å². The van der Waals surface area contributed by atoms with Gasteiger partial charge in [0.25, 0.3) is 0 Å². The third-order valence-electron chi connectivity index (χ3n) is 11.3. The van der Waals surface area contributed by atoms with Crippen molar-refractivity contribution in [3.63, 3.8) is 0 Å². The standard InChI is InChI=1S/C52H36N2/c1-6-20-37(21-7-1)49-45-31-17-19-33-48(45)53-50(54-49)38-34-35-44-43-30-16-18-32-46(43)51(39-22-8-2-9-23-39,40-24-10-3-11-25-40)52(47(44)36-38,41-26-12-4-13-27-41)42-28-14-5-15-29-42/h1-36H. The van der Waals surface area contributed by atoms with Gasteiger partial charge in [0, 0.05) is 16.5 Å². The van der Waals surface area contributed by atoms with Crippen LogP contribution in [-0.4, -0.2) is 9.97 Å². The molecular formula is C52H36N2. The molecule has 2 heteroatoms. The van der Waals surface area contributed by atoms with Crippen LogP contribution in [-0.2, 0) is 10.8 Å². The topological polar surface area (TPSA) is 25.8 Å². The van der Waals surface area contributed by atoms with Crippen molar-refractivity contribution in [3.8, 4) is 33.8 Å². The zero-order valence-corrected chi connectivity index (χ0v) is 29.7. The fraction of sp³-hybridized carbons (Fsp3) is 0.0385. The molecule has 0 bridgehead atoms. The summed E-state index contributed by atoms with van der Waals surface area (Å²) in [6.07, 6.45) is 0. The lowest BCUT2D eigenvalue weighted by atomic mass is 9.43. The fourth-order valence-electron chi connectivity index (χ4n) is 9.27. The van der Waals surface area contributed by atoms with Gasteiger partial charge in [-0.25, -0.2) is 9.97 Å². The molecule has 0 saturated heterocycles. The molecule has 0 amide bonds. The molecule has 0 atom stereocenters. The van der Waals surface area contributed by atoms with E-state index >= 15 is 0 Å². The molecule has 1 heterocycles. The quantitative estimate of drug-likeness (QED) is 0.174. The van der Waals surface area contributed by atoms with E-state index in [2.05, 4.69) is 212 Å². The summed E-state index contributed by atoms with van der Waals surface area (Å²) < 4.78 is 0. The van der Waals surface area contributed by atoms with Gasteiger partial charge in [0.05, 0.1) is 22.0 Å². The van der Waals surface area contributed by atoms with Gasteiger partial charge < -0.3 is 0 Å². The van der Waals surface area contributed by atoms with Gasteiger partial charge in [0.15, 0.2) is 5.82 Å². The van der Waals surface area contributed by atoms with Crippen LogP contribution in [0, 0.1) is 0 Å². The highest BCUT2D eigenvalue weighted by Gasteiger charge is 2.61. The van der Waals surface area contributed by atoms with Crippen LogP contribution in [0.2, 0.25) is 0 Å². The minimum Gasteiger partial charge on any atom is -0.228 e. The van der Waals surface area contributed by atoms with Gasteiger partial charge in [-0.15, -0.1) is 0 Å². The lowest BCUT2D eigenvalue weighted by molar-refractivity contribution is 0.415. The van der Waals surface area contributed by atoms with Crippen LogP contribution in [0.15, 0.2) is 218 Å². The van der Waals surface area contributed by atoms with Crippen LogP contribution >= 0.6 is 0 Å². The number of nitrogens with zero attached hydrogens (tertiary/aromatic N) is 2. The van der Waals surface area contributed by atoms with Gasteiger partial charge in [-0.2, -0.15) is 0 Å². The van der Waals surface area contributed by atoms with E-state index in [0.717, 1.165) is 27.7 Å². The third-order valence-corrected chi connectivity index (χ3v) is 11.3. The second-order valence-electron chi connectivity index (χ2n) is 14.0. The van der Waals surface area contributed by atoms with E-state index in [-0.39, 0.29) is 0 Å². The van der Waals surface area contributed by atoms with Crippen LogP contribution in [0.4, 0.5) is 0 Å². The van der Waals surface area contributed by atoms with Gasteiger partial charge in [-0.1, -0.05) is 206 Å². The molecule has 10 rings (SSSR count). The fourth-order valence-corrected chi connectivity index (χ4v) is 9.27. The largest absolute Gasteiger partial charge is 0.228 e. The van der Waals surface area contributed by atoms with Crippen molar-refractivity contribution >= 4 is 10.9 Å². The first-order valence-electron chi connectivity index (χ1n) is 18.6. The van der Waals surface area contributed by atoms with Crippen LogP contribution in [0.25, 0.3) is 44.7 Å². The van der Waals surface area contributed by atoms with Gasteiger partial charge in [-0.3, -0.25) is 0 Å². The molecule has 0 N–H and O–H groups in total. The highest BCUT2D eigenvalue weighted by Crippen LogP contribution is 2.65. The van der Waals surface area contributed by atoms with E-state index in [1.165, 1.54) is 44.5 Å². The molecule has 54 heavy (non-hydrogen) atoms. The highest BCUT2D eigenvalue weighted by molar-refractivity contribution is 5.94. The molecule has 0 saturated carbocycles. The van der Waals surface area contributed by atoms with Crippen molar-refractivity contribution < 1.29 is 0 Å². The minimum absolute atomic E-state index is 0.695. The van der Waals surface area contributed by atoms with Crippen LogP contribution in [0.1, 0.15) is 33.4 Å². The van der Waals surface area contributed by atoms with Crippen molar-refractivity contribution in [2.75, 3.05) is 0 Å². The Kier molecular flexibility index (Phi) is 7.63. The third kappa shape index (κ3) is 4.67. The second kappa shape index (κ2) is 12.9. The molecule has 1 aromatic heterocycles. The summed E-state index contributed by atoms with van der Waals surface area (Å²) in [5.74, 6) is 0.703. The summed E-state index contributed by atoms with van der Waals surface area (Å²) in [4.78, 5) is 10.6. The Morgan fingerprint density at radius 3 is 1.33 bits per heavy atom. The Bertz CT molecular complexity index is 2660. The average Bonchev–Trinajstić information content (AvgIpc) is 3.27. The average molecular weight is 689 g/mol. The Labute approximate surface area is 316 Å². The molecule has 0 aliphatic heterocycles. The van der Waals surface area contributed by atoms with Gasteiger partial charge in [0.1, 0.15) is 0 Å². The first-order valence-corrected chi connectivity index (χ1v) is 18.6. The first kappa shape index (κ1) is 31.8. The number of hydrogen-bond donors (Lipinski definition) is 0. The molecule has 1 aliphatic carbocycles. The van der Waals surface area contributed by atoms with Crippen LogP contribution in [0.5, 0.6) is 0 Å². The summed E-state index contributed by atoms with van der Waals surface area (Å²) in [6, 6.07) is 79.2. The van der Waals surface area contributed by atoms with Crippen molar-refractivity contribution in [3.05, 3.63) is 252 Å². The van der Waals surface area contributed by atoms with Gasteiger partial charge in [0.2, 0.25) is 0 Å². The summed E-state index contributed by atoms with van der Waals surface area (Å²) in [6.45, 7) is 0. The molecule has 2 nitrogen and oxygen atoms in total. The number of hydrogen-bond acceptors (Lipinski definition) is 2. The maximum atomic E-state index is 5.37. The summed E-state index contributed by atoms with van der Waals surface area (Å²) in [5, 5.41) is 1.04. The molecular weight excluding hydrogens is 653 g/mol. The number of aromatic nitrogens is 2. The zero-order valence-electron chi connectivity index (χ0n) is 29.7. The summed E-state index contributed by atoms with van der Waals surface area (Å²) in [7, 11) is 0. The van der Waals surface area contributed by atoms with Gasteiger partial charge >= 0.3 is 0 Å². The monoisotopic (exact) mass is 688 g/mol. The van der Waals surface area contributed by atoms with E-state index in [1.54, 1.807) is 0 Å². The lowest BCUT2D eigenvalue weighted by Crippen LogP contribution is -2.54. The SMILES string of the molecule is c1ccc(-c2nc(-c3ccc4c(c3)C(c3ccccc3)(c3ccccc3)C(c3ccccc3)(c3ccccc3)c3ccccc3-4)nc3ccccc23)cc1. The minimum atomic E-state index is -0.739. The van der Waals surface area contributed by atoms with Crippen LogP contribution in [0.3, 0.4) is 0 Å². The molecule has 8 aromatic carbocycles. The second-order valence-corrected chi connectivity index (χ2v) is 14.0. The molecule has 0 spiro atoms. The highest BCUT2D eigenvalue weighted by atomic mass is 14.9.